The molecule has 1 aromatic rings. The molecule has 1 saturated heterocycles. The van der Waals surface area contributed by atoms with Crippen LogP contribution in [0, 0.1) is 0 Å². The van der Waals surface area contributed by atoms with Gasteiger partial charge in [-0.2, -0.15) is 4.31 Å². The second-order valence-corrected chi connectivity index (χ2v) is 10.9. The van der Waals surface area contributed by atoms with E-state index in [4.69, 9.17) is 4.74 Å². The van der Waals surface area contributed by atoms with Crippen LogP contribution in [0.2, 0.25) is 0 Å². The highest BCUT2D eigenvalue weighted by atomic mass is 32.2. The van der Waals surface area contributed by atoms with Crippen LogP contribution in [0.4, 0.5) is 0 Å². The van der Waals surface area contributed by atoms with Crippen molar-refractivity contribution in [2.24, 2.45) is 0 Å². The van der Waals surface area contributed by atoms with Crippen LogP contribution in [0.3, 0.4) is 0 Å². The van der Waals surface area contributed by atoms with E-state index in [1.807, 2.05) is 0 Å². The summed E-state index contributed by atoms with van der Waals surface area (Å²) in [6.45, 7) is 0.0818. The fraction of sp³-hybridized carbons (Fsp3) is 0.625. The third kappa shape index (κ3) is 3.07. The van der Waals surface area contributed by atoms with Gasteiger partial charge in [0, 0.05) is 13.1 Å². The Bertz CT molecular complexity index is 792. The van der Waals surface area contributed by atoms with Crippen LogP contribution < -0.4 is 4.74 Å². The van der Waals surface area contributed by atoms with Gasteiger partial charge in [-0.15, -0.1) is 0 Å². The zero-order valence-electron chi connectivity index (χ0n) is 13.7. The van der Waals surface area contributed by atoms with Gasteiger partial charge in [0.2, 0.25) is 10.0 Å². The Morgan fingerprint density at radius 2 is 1.58 bits per heavy atom. The molecule has 134 valence electrons. The number of rotatable bonds is 5. The Morgan fingerprint density at radius 1 is 0.958 bits per heavy atom. The number of benzene rings is 1. The Kier molecular flexibility index (Phi) is 4.90. The number of nitrogens with zero attached hydrogens (tertiary/aromatic N) is 1. The third-order valence-corrected chi connectivity index (χ3v) is 9.48. The van der Waals surface area contributed by atoms with Crippen molar-refractivity contribution in [2.45, 2.75) is 47.5 Å². The fourth-order valence-corrected chi connectivity index (χ4v) is 7.63. The molecule has 3 rings (SSSR count). The van der Waals surface area contributed by atoms with Crippen LogP contribution in [-0.4, -0.2) is 51.8 Å². The van der Waals surface area contributed by atoms with Gasteiger partial charge in [0.1, 0.15) is 10.6 Å². The van der Waals surface area contributed by atoms with E-state index in [0.29, 0.717) is 12.8 Å². The van der Waals surface area contributed by atoms with E-state index in [1.165, 1.54) is 17.5 Å². The van der Waals surface area contributed by atoms with Gasteiger partial charge in [-0.1, -0.05) is 31.4 Å². The van der Waals surface area contributed by atoms with Gasteiger partial charge in [0.05, 0.1) is 17.6 Å². The van der Waals surface area contributed by atoms with Gasteiger partial charge >= 0.3 is 0 Å². The summed E-state index contributed by atoms with van der Waals surface area (Å²) >= 11 is 0. The molecule has 1 saturated carbocycles. The Hall–Kier alpha value is -1.12. The molecule has 0 radical (unpaired) electrons. The van der Waals surface area contributed by atoms with Crippen LogP contribution in [0.5, 0.6) is 5.75 Å². The lowest BCUT2D eigenvalue weighted by Gasteiger charge is -2.39. The van der Waals surface area contributed by atoms with Gasteiger partial charge in [-0.05, 0) is 25.0 Å². The minimum atomic E-state index is -3.73. The van der Waals surface area contributed by atoms with Crippen molar-refractivity contribution in [1.82, 2.24) is 4.31 Å². The summed E-state index contributed by atoms with van der Waals surface area (Å²) in [5.41, 5.74) is 0. The molecule has 8 heteroatoms. The highest BCUT2D eigenvalue weighted by molar-refractivity contribution is 7.93. The van der Waals surface area contributed by atoms with Gasteiger partial charge in [-0.25, -0.2) is 16.8 Å². The van der Waals surface area contributed by atoms with Gasteiger partial charge in [0.15, 0.2) is 9.84 Å². The topological polar surface area (TPSA) is 80.8 Å². The zero-order chi connectivity index (χ0) is 17.4. The van der Waals surface area contributed by atoms with Crippen LogP contribution in [0.25, 0.3) is 0 Å². The number of methoxy groups -OCH3 is 1. The monoisotopic (exact) mass is 373 g/mol. The molecule has 0 unspecified atom stereocenters. The maximum absolute atomic E-state index is 12.7. The molecule has 2 fully saturated rings. The molecule has 0 N–H and O–H groups in total. The van der Waals surface area contributed by atoms with E-state index in [-0.39, 0.29) is 29.0 Å². The highest BCUT2D eigenvalue weighted by Crippen LogP contribution is 2.34. The summed E-state index contributed by atoms with van der Waals surface area (Å²) < 4.78 is 57.0. The van der Waals surface area contributed by atoms with Crippen molar-refractivity contribution in [3.63, 3.8) is 0 Å². The maximum atomic E-state index is 12.7. The molecule has 1 heterocycles. The quantitative estimate of drug-likeness (QED) is 0.786. The van der Waals surface area contributed by atoms with E-state index in [1.54, 1.807) is 18.2 Å². The smallest absolute Gasteiger partial charge is 0.246 e. The first-order valence-electron chi connectivity index (χ1n) is 8.23. The van der Waals surface area contributed by atoms with Crippen LogP contribution in [0.15, 0.2) is 29.2 Å². The standard InChI is InChI=1S/C16H23NO5S2/c1-22-15-9-5-6-10-16(15)24(20,21)17-11-14(12-17)23(18,19)13-7-3-2-4-8-13/h5-6,9-10,13-14H,2-4,7-8,11-12H2,1H3. The average molecular weight is 373 g/mol. The molecule has 6 nitrogen and oxygen atoms in total. The molecular weight excluding hydrogens is 350 g/mol. The van der Waals surface area contributed by atoms with Gasteiger partial charge in [-0.3, -0.25) is 0 Å². The summed E-state index contributed by atoms with van der Waals surface area (Å²) in [7, 11) is -5.56. The van der Waals surface area contributed by atoms with E-state index in [2.05, 4.69) is 0 Å². The summed E-state index contributed by atoms with van der Waals surface area (Å²) in [5, 5.41) is -0.877. The number of hydrogen-bond donors (Lipinski definition) is 0. The minimum Gasteiger partial charge on any atom is -0.495 e. The summed E-state index contributed by atoms with van der Waals surface area (Å²) in [6, 6.07) is 6.40. The van der Waals surface area contributed by atoms with Crippen LogP contribution in [-0.2, 0) is 19.9 Å². The van der Waals surface area contributed by atoms with Crippen molar-refractivity contribution in [1.29, 1.82) is 0 Å². The molecule has 0 amide bonds. The van der Waals surface area contributed by atoms with Crippen molar-refractivity contribution in [3.05, 3.63) is 24.3 Å². The van der Waals surface area contributed by atoms with Crippen molar-refractivity contribution >= 4 is 19.9 Å². The van der Waals surface area contributed by atoms with E-state index < -0.39 is 25.1 Å². The maximum Gasteiger partial charge on any atom is 0.246 e. The predicted octanol–water partition coefficient (Wildman–Crippen LogP) is 1.82. The van der Waals surface area contributed by atoms with Crippen LogP contribution in [0.1, 0.15) is 32.1 Å². The van der Waals surface area contributed by atoms with Gasteiger partial charge < -0.3 is 4.74 Å². The van der Waals surface area contributed by atoms with Crippen molar-refractivity contribution in [2.75, 3.05) is 20.2 Å². The average Bonchev–Trinajstić information content (AvgIpc) is 2.53. The number of hydrogen-bond acceptors (Lipinski definition) is 5. The molecule has 2 aliphatic rings. The molecule has 1 aromatic carbocycles. The number of para-hydroxylation sites is 1. The number of sulfonamides is 1. The second kappa shape index (κ2) is 6.65. The SMILES string of the molecule is COc1ccccc1S(=O)(=O)N1CC(S(=O)(=O)C2CCCCC2)C1. The molecule has 1 aliphatic heterocycles. The minimum absolute atomic E-state index is 0.0409. The number of sulfone groups is 1. The molecule has 24 heavy (non-hydrogen) atoms. The normalized spacial score (nSPS) is 21.4. The molecule has 0 spiro atoms. The Labute approximate surface area is 143 Å². The molecule has 0 bridgehead atoms. The van der Waals surface area contributed by atoms with Crippen molar-refractivity contribution < 1.29 is 21.6 Å². The molecular formula is C16H23NO5S2. The van der Waals surface area contributed by atoms with E-state index in [9.17, 15) is 16.8 Å². The predicted molar refractivity (Wildman–Crippen MR) is 91.3 cm³/mol. The highest BCUT2D eigenvalue weighted by Gasteiger charge is 2.46. The lowest BCUT2D eigenvalue weighted by atomic mass is 10.0. The first kappa shape index (κ1) is 17.7. The lowest BCUT2D eigenvalue weighted by Crippen LogP contribution is -2.58. The van der Waals surface area contributed by atoms with E-state index >= 15 is 0 Å². The van der Waals surface area contributed by atoms with Gasteiger partial charge in [0.25, 0.3) is 0 Å². The second-order valence-electron chi connectivity index (χ2n) is 6.44. The summed E-state index contributed by atoms with van der Waals surface area (Å²) in [6.07, 6.45) is 4.39. The summed E-state index contributed by atoms with van der Waals surface area (Å²) in [5.74, 6) is 0.274. The molecule has 1 aliphatic carbocycles. The fourth-order valence-electron chi connectivity index (χ4n) is 3.44. The molecule has 0 atom stereocenters. The first-order chi connectivity index (χ1) is 11.4. The Morgan fingerprint density at radius 3 is 2.21 bits per heavy atom. The van der Waals surface area contributed by atoms with E-state index in [0.717, 1.165) is 19.3 Å². The summed E-state index contributed by atoms with van der Waals surface area (Å²) in [4.78, 5) is 0.0843. The lowest BCUT2D eigenvalue weighted by molar-refractivity contribution is 0.304. The number of ether oxygens (including phenoxy) is 1. The van der Waals surface area contributed by atoms with Crippen molar-refractivity contribution in [3.8, 4) is 5.75 Å². The third-order valence-electron chi connectivity index (χ3n) is 4.98. The Balaban J connectivity index is 1.73. The molecule has 0 aromatic heterocycles. The largest absolute Gasteiger partial charge is 0.495 e. The zero-order valence-corrected chi connectivity index (χ0v) is 15.4. The van der Waals surface area contributed by atoms with Crippen LogP contribution >= 0.6 is 0 Å². The first-order valence-corrected chi connectivity index (χ1v) is 11.3.